The van der Waals surface area contributed by atoms with Gasteiger partial charge in [0.05, 0.1) is 11.7 Å². The molecule has 0 saturated heterocycles. The summed E-state index contributed by atoms with van der Waals surface area (Å²) in [5, 5.41) is 9.95. The van der Waals surface area contributed by atoms with E-state index >= 15 is 0 Å². The number of rotatable bonds is 2. The van der Waals surface area contributed by atoms with Gasteiger partial charge < -0.3 is 5.11 Å². The highest BCUT2D eigenvalue weighted by atomic mass is 32.2. The van der Waals surface area contributed by atoms with Crippen LogP contribution in [-0.4, -0.2) is 22.8 Å². The number of thioether (sulfide) groups is 1. The summed E-state index contributed by atoms with van der Waals surface area (Å²) in [6.45, 7) is 8.11. The first kappa shape index (κ1) is 8.81. The van der Waals surface area contributed by atoms with E-state index in [2.05, 4.69) is 25.4 Å². The van der Waals surface area contributed by atoms with Crippen LogP contribution in [-0.2, 0) is 0 Å². The van der Waals surface area contributed by atoms with Crippen LogP contribution in [0.25, 0.3) is 0 Å². The summed E-state index contributed by atoms with van der Waals surface area (Å²) in [5.41, 5.74) is 0. The number of aliphatic hydroxyl groups is 1. The smallest absolute Gasteiger partial charge is 0.104 e. The maximum absolute atomic E-state index is 8.85. The average molecular weight is 171 g/mol. The van der Waals surface area contributed by atoms with Crippen LogP contribution in [0.1, 0.15) is 13.8 Å². The molecule has 0 aromatic carbocycles. The number of nitrogens with zero attached hydrogens (tertiary/aromatic N) is 1. The molecule has 1 heterocycles. The van der Waals surface area contributed by atoms with Gasteiger partial charge >= 0.3 is 0 Å². The molecule has 0 saturated carbocycles. The number of hydrogen-bond donors (Lipinski definition) is 1. The lowest BCUT2D eigenvalue weighted by Gasteiger charge is -2.00. The van der Waals surface area contributed by atoms with Crippen LogP contribution in [0.15, 0.2) is 16.5 Å². The van der Waals surface area contributed by atoms with Gasteiger partial charge in [-0.15, -0.1) is 0 Å². The molecule has 62 valence electrons. The summed E-state index contributed by atoms with van der Waals surface area (Å²) in [4.78, 5) is 5.29. The first-order valence-electron chi connectivity index (χ1n) is 3.70. The highest BCUT2D eigenvalue weighted by Crippen LogP contribution is 2.32. The molecular formula is C8H13NOS. The van der Waals surface area contributed by atoms with E-state index in [1.165, 1.54) is 0 Å². The minimum Gasteiger partial charge on any atom is -0.394 e. The Morgan fingerprint density at radius 2 is 2.36 bits per heavy atom. The van der Waals surface area contributed by atoms with Crippen LogP contribution < -0.4 is 0 Å². The highest BCUT2D eigenvalue weighted by molar-refractivity contribution is 8.17. The van der Waals surface area contributed by atoms with Gasteiger partial charge in [-0.05, 0) is 0 Å². The predicted molar refractivity (Wildman–Crippen MR) is 49.9 cm³/mol. The molecule has 0 aromatic heterocycles. The Morgan fingerprint density at radius 1 is 1.73 bits per heavy atom. The maximum atomic E-state index is 8.85. The molecule has 0 spiro atoms. The Balaban J connectivity index is 2.67. The van der Waals surface area contributed by atoms with Gasteiger partial charge in [-0.1, -0.05) is 32.2 Å². The largest absolute Gasteiger partial charge is 0.394 e. The molecule has 1 rings (SSSR count). The second-order valence-corrected chi connectivity index (χ2v) is 4.04. The topological polar surface area (TPSA) is 32.6 Å². The zero-order valence-electron chi connectivity index (χ0n) is 6.87. The van der Waals surface area contributed by atoms with Gasteiger partial charge in [0.2, 0.25) is 0 Å². The van der Waals surface area contributed by atoms with Crippen molar-refractivity contribution in [3.8, 4) is 0 Å². The van der Waals surface area contributed by atoms with Crippen LogP contribution in [0.2, 0.25) is 0 Å². The maximum Gasteiger partial charge on any atom is 0.104 e. The third-order valence-electron chi connectivity index (χ3n) is 1.56. The lowest BCUT2D eigenvalue weighted by Crippen LogP contribution is -2.06. The van der Waals surface area contributed by atoms with E-state index in [-0.39, 0.29) is 12.6 Å². The minimum atomic E-state index is -0.0580. The average Bonchev–Trinajstić information content (AvgIpc) is 2.31. The molecule has 1 atom stereocenters. The van der Waals surface area contributed by atoms with Crippen LogP contribution in [0.5, 0.6) is 0 Å². The molecule has 1 aliphatic rings. The van der Waals surface area contributed by atoms with Gasteiger partial charge in [0, 0.05) is 10.8 Å². The molecule has 3 heteroatoms. The van der Waals surface area contributed by atoms with Gasteiger partial charge in [-0.2, -0.15) is 0 Å². The fourth-order valence-electron chi connectivity index (χ4n) is 0.864. The first-order valence-corrected chi connectivity index (χ1v) is 4.52. The van der Waals surface area contributed by atoms with E-state index in [0.717, 1.165) is 9.95 Å². The molecule has 0 unspecified atom stereocenters. The van der Waals surface area contributed by atoms with Gasteiger partial charge in [0.15, 0.2) is 0 Å². The number of aliphatic hydroxyl groups excluding tert-OH is 1. The molecule has 0 radical (unpaired) electrons. The van der Waals surface area contributed by atoms with E-state index in [4.69, 9.17) is 5.11 Å². The molecule has 0 aliphatic carbocycles. The van der Waals surface area contributed by atoms with Gasteiger partial charge in [0.1, 0.15) is 6.04 Å². The quantitative estimate of drug-likeness (QED) is 0.685. The summed E-state index contributed by atoms with van der Waals surface area (Å²) in [5.74, 6) is 0.452. The van der Waals surface area contributed by atoms with Crippen LogP contribution in [0.3, 0.4) is 0 Å². The summed E-state index contributed by atoms with van der Waals surface area (Å²) in [6, 6.07) is -0.0580. The van der Waals surface area contributed by atoms with Gasteiger partial charge in [0.25, 0.3) is 0 Å². The van der Waals surface area contributed by atoms with Crippen molar-refractivity contribution < 1.29 is 5.11 Å². The fourth-order valence-corrected chi connectivity index (χ4v) is 1.81. The second-order valence-electron chi connectivity index (χ2n) is 2.89. The minimum absolute atomic E-state index is 0.0580. The Labute approximate surface area is 71.4 Å². The zero-order valence-corrected chi connectivity index (χ0v) is 7.69. The molecule has 0 aromatic rings. The first-order chi connectivity index (χ1) is 5.15. The monoisotopic (exact) mass is 171 g/mol. The van der Waals surface area contributed by atoms with Crippen molar-refractivity contribution in [2.24, 2.45) is 10.9 Å². The van der Waals surface area contributed by atoms with Crippen molar-refractivity contribution in [2.75, 3.05) is 6.61 Å². The van der Waals surface area contributed by atoms with E-state index in [1.807, 2.05) is 0 Å². The third kappa shape index (κ3) is 1.84. The summed E-state index contributed by atoms with van der Waals surface area (Å²) < 4.78 is 0. The fraction of sp³-hybridized carbons (Fsp3) is 0.625. The standard InChI is InChI=1S/C8H13NOS/c1-5(2)8-9-7(4-10)6(3)11-8/h5,7,10H,3-4H2,1-2H3/t7-/m1/s1. The molecule has 0 bridgehead atoms. The molecule has 11 heavy (non-hydrogen) atoms. The highest BCUT2D eigenvalue weighted by Gasteiger charge is 2.22. The van der Waals surface area contributed by atoms with Crippen molar-refractivity contribution in [1.82, 2.24) is 0 Å². The van der Waals surface area contributed by atoms with Gasteiger partial charge in [-0.25, -0.2) is 0 Å². The lowest BCUT2D eigenvalue weighted by atomic mass is 10.2. The Morgan fingerprint density at radius 3 is 2.64 bits per heavy atom. The second kappa shape index (κ2) is 3.41. The van der Waals surface area contributed by atoms with Crippen molar-refractivity contribution >= 4 is 16.8 Å². The van der Waals surface area contributed by atoms with Crippen LogP contribution in [0.4, 0.5) is 0 Å². The number of aliphatic imine (C=N–C) groups is 1. The lowest BCUT2D eigenvalue weighted by molar-refractivity contribution is 0.284. The molecule has 0 fully saturated rings. The van der Waals surface area contributed by atoms with Gasteiger partial charge in [-0.3, -0.25) is 4.99 Å². The van der Waals surface area contributed by atoms with E-state index in [0.29, 0.717) is 5.92 Å². The van der Waals surface area contributed by atoms with Crippen LogP contribution in [0, 0.1) is 5.92 Å². The molecular weight excluding hydrogens is 158 g/mol. The van der Waals surface area contributed by atoms with E-state index in [9.17, 15) is 0 Å². The molecule has 1 aliphatic heterocycles. The summed E-state index contributed by atoms with van der Waals surface area (Å²) in [7, 11) is 0. The Kier molecular flexibility index (Phi) is 2.73. The predicted octanol–water partition coefficient (Wildman–Crippen LogP) is 1.66. The zero-order chi connectivity index (χ0) is 8.43. The van der Waals surface area contributed by atoms with Crippen molar-refractivity contribution in [3.05, 3.63) is 11.5 Å². The van der Waals surface area contributed by atoms with Crippen molar-refractivity contribution in [2.45, 2.75) is 19.9 Å². The Bertz CT molecular complexity index is 198. The normalized spacial score (nSPS) is 24.5. The third-order valence-corrected chi connectivity index (χ3v) is 2.88. The van der Waals surface area contributed by atoms with Crippen molar-refractivity contribution in [1.29, 1.82) is 0 Å². The van der Waals surface area contributed by atoms with Crippen LogP contribution >= 0.6 is 11.8 Å². The van der Waals surface area contributed by atoms with Crippen molar-refractivity contribution in [3.63, 3.8) is 0 Å². The van der Waals surface area contributed by atoms with E-state index < -0.39 is 0 Å². The summed E-state index contributed by atoms with van der Waals surface area (Å²) in [6.07, 6.45) is 0. The molecule has 2 nitrogen and oxygen atoms in total. The number of hydrogen-bond acceptors (Lipinski definition) is 3. The molecule has 1 N–H and O–H groups in total. The Hall–Kier alpha value is -0.280. The SMILES string of the molecule is C=C1SC(C(C)C)=N[C@@H]1CO. The summed E-state index contributed by atoms with van der Waals surface area (Å²) >= 11 is 1.60. The molecule has 0 amide bonds. The van der Waals surface area contributed by atoms with E-state index in [1.54, 1.807) is 11.8 Å².